The Labute approximate surface area is 121 Å². The van der Waals surface area contributed by atoms with Gasteiger partial charge in [0.05, 0.1) is 0 Å². The Kier molecular flexibility index (Phi) is 8.46. The van der Waals surface area contributed by atoms with E-state index in [-0.39, 0.29) is 6.42 Å². The molecular formula is C11H20N4O6. The molecule has 0 aliphatic heterocycles. The summed E-state index contributed by atoms with van der Waals surface area (Å²) in [5.41, 5.74) is 9.90. The number of carbonyl (C=O) groups is 4. The number of carboxylic acid groups (broad SMARTS) is 1. The molecule has 0 aromatic rings. The van der Waals surface area contributed by atoms with Gasteiger partial charge in [0.15, 0.2) is 0 Å². The van der Waals surface area contributed by atoms with Crippen molar-refractivity contribution < 1.29 is 29.0 Å². The van der Waals surface area contributed by atoms with Crippen molar-refractivity contribution in [2.24, 2.45) is 11.5 Å². The average Bonchev–Trinajstić information content (AvgIpc) is 2.35. The maximum atomic E-state index is 11.9. The van der Waals surface area contributed by atoms with Crippen LogP contribution < -0.4 is 16.8 Å². The minimum absolute atomic E-state index is 0.135. The number of nitrogens with two attached hydrogens (primary N) is 2. The van der Waals surface area contributed by atoms with E-state index in [0.717, 1.165) is 4.90 Å². The fourth-order valence-corrected chi connectivity index (χ4v) is 1.51. The third-order valence-electron chi connectivity index (χ3n) is 2.42. The topological polar surface area (TPSA) is 165 Å². The summed E-state index contributed by atoms with van der Waals surface area (Å²) in [6, 6.07) is -2.08. The van der Waals surface area contributed by atoms with Crippen molar-refractivity contribution in [1.82, 2.24) is 10.2 Å². The van der Waals surface area contributed by atoms with Crippen LogP contribution in [0.5, 0.6) is 0 Å². The molecule has 0 aliphatic rings. The second-order valence-corrected chi connectivity index (χ2v) is 4.26. The van der Waals surface area contributed by atoms with Gasteiger partial charge in [-0.2, -0.15) is 0 Å². The van der Waals surface area contributed by atoms with E-state index in [2.05, 4.69) is 5.32 Å². The summed E-state index contributed by atoms with van der Waals surface area (Å²) in [5.74, 6) is -2.94. The Morgan fingerprint density at radius 3 is 2.10 bits per heavy atom. The Bertz CT molecular complexity index is 384. The van der Waals surface area contributed by atoms with E-state index in [1.54, 1.807) is 0 Å². The number of ether oxygens (including phenoxy) is 1. The number of carbonyl (C=O) groups excluding carboxylic acids is 3. The minimum atomic E-state index is -1.24. The van der Waals surface area contributed by atoms with Crippen molar-refractivity contribution >= 4 is 23.8 Å². The summed E-state index contributed by atoms with van der Waals surface area (Å²) in [5, 5.41) is 11.2. The van der Waals surface area contributed by atoms with Crippen LogP contribution in [-0.4, -0.2) is 66.7 Å². The first-order valence-corrected chi connectivity index (χ1v) is 6.11. The normalized spacial score (nSPS) is 11.5. The first kappa shape index (κ1) is 18.6. The molecule has 0 rings (SSSR count). The Morgan fingerprint density at radius 1 is 1.19 bits per heavy atom. The van der Waals surface area contributed by atoms with Crippen LogP contribution in [-0.2, 0) is 19.1 Å². The van der Waals surface area contributed by atoms with Crippen molar-refractivity contribution in [3.8, 4) is 0 Å². The number of urea groups is 1. The highest BCUT2D eigenvalue weighted by Gasteiger charge is 2.24. The van der Waals surface area contributed by atoms with E-state index in [1.165, 1.54) is 7.11 Å². The van der Waals surface area contributed by atoms with Gasteiger partial charge in [-0.15, -0.1) is 0 Å². The van der Waals surface area contributed by atoms with Crippen LogP contribution in [0.4, 0.5) is 4.79 Å². The molecule has 1 atom stereocenters. The quantitative estimate of drug-likeness (QED) is 0.336. The molecule has 0 radical (unpaired) electrons. The third kappa shape index (κ3) is 8.42. The third-order valence-corrected chi connectivity index (χ3v) is 2.42. The summed E-state index contributed by atoms with van der Waals surface area (Å²) < 4.78 is 4.79. The molecule has 0 fully saturated rings. The number of hydrogen-bond donors (Lipinski definition) is 4. The summed E-state index contributed by atoms with van der Waals surface area (Å²) in [6.45, 7) is -0.746. The Morgan fingerprint density at radius 2 is 1.71 bits per heavy atom. The predicted octanol–water partition coefficient (Wildman–Crippen LogP) is -2.15. The van der Waals surface area contributed by atoms with Crippen LogP contribution in [0.3, 0.4) is 0 Å². The van der Waals surface area contributed by atoms with E-state index < -0.39 is 42.9 Å². The van der Waals surface area contributed by atoms with Crippen molar-refractivity contribution in [2.75, 3.05) is 26.8 Å². The fourth-order valence-electron chi connectivity index (χ4n) is 1.51. The molecule has 0 spiro atoms. The molecular weight excluding hydrogens is 284 g/mol. The van der Waals surface area contributed by atoms with E-state index in [4.69, 9.17) is 21.3 Å². The van der Waals surface area contributed by atoms with Gasteiger partial charge in [-0.1, -0.05) is 0 Å². The summed E-state index contributed by atoms with van der Waals surface area (Å²) in [7, 11) is 1.47. The maximum absolute atomic E-state index is 11.9. The summed E-state index contributed by atoms with van der Waals surface area (Å²) >= 11 is 0. The van der Waals surface area contributed by atoms with Crippen LogP contribution in [0.2, 0.25) is 0 Å². The van der Waals surface area contributed by atoms with E-state index >= 15 is 0 Å². The Hall–Kier alpha value is -2.36. The summed E-state index contributed by atoms with van der Waals surface area (Å²) in [4.78, 5) is 45.3. The van der Waals surface area contributed by atoms with Gasteiger partial charge < -0.3 is 31.5 Å². The lowest BCUT2D eigenvalue weighted by Crippen LogP contribution is -2.52. The number of nitrogens with zero attached hydrogens (tertiary/aromatic N) is 1. The van der Waals surface area contributed by atoms with Crippen molar-refractivity contribution in [3.63, 3.8) is 0 Å². The molecule has 0 aliphatic carbocycles. The second kappa shape index (κ2) is 9.53. The van der Waals surface area contributed by atoms with Crippen LogP contribution in [0.1, 0.15) is 12.8 Å². The van der Waals surface area contributed by atoms with Crippen LogP contribution in [0.15, 0.2) is 0 Å². The van der Waals surface area contributed by atoms with Gasteiger partial charge in [0.2, 0.25) is 11.8 Å². The fraction of sp³-hybridized carbons (Fsp3) is 0.636. The highest BCUT2D eigenvalue weighted by molar-refractivity contribution is 5.89. The largest absolute Gasteiger partial charge is 0.480 e. The first-order chi connectivity index (χ1) is 9.77. The smallest absolute Gasteiger partial charge is 0.326 e. The molecule has 120 valence electrons. The molecule has 10 heteroatoms. The predicted molar refractivity (Wildman–Crippen MR) is 71.0 cm³/mol. The molecule has 4 amide bonds. The molecule has 0 aromatic carbocycles. The molecule has 10 nitrogen and oxygen atoms in total. The SMILES string of the molecule is COCCCC(NC(=O)N(CC(N)=O)CC(N)=O)C(=O)O. The molecule has 0 bridgehead atoms. The summed E-state index contributed by atoms with van der Waals surface area (Å²) in [6.07, 6.45) is 0.551. The molecule has 0 aromatic heterocycles. The number of aliphatic carboxylic acids is 1. The van der Waals surface area contributed by atoms with Gasteiger partial charge in [-0.05, 0) is 12.8 Å². The van der Waals surface area contributed by atoms with Crippen molar-refractivity contribution in [2.45, 2.75) is 18.9 Å². The first-order valence-electron chi connectivity index (χ1n) is 6.11. The molecule has 0 saturated heterocycles. The maximum Gasteiger partial charge on any atom is 0.326 e. The second-order valence-electron chi connectivity index (χ2n) is 4.26. The molecule has 1 unspecified atom stereocenters. The van der Waals surface area contributed by atoms with E-state index in [0.29, 0.717) is 13.0 Å². The average molecular weight is 304 g/mol. The monoisotopic (exact) mass is 304 g/mol. The van der Waals surface area contributed by atoms with Gasteiger partial charge in [0.25, 0.3) is 0 Å². The number of carboxylic acids is 1. The van der Waals surface area contributed by atoms with Gasteiger partial charge in [-0.3, -0.25) is 9.59 Å². The van der Waals surface area contributed by atoms with Crippen LogP contribution in [0.25, 0.3) is 0 Å². The van der Waals surface area contributed by atoms with E-state index in [1.807, 2.05) is 0 Å². The van der Waals surface area contributed by atoms with Crippen LogP contribution >= 0.6 is 0 Å². The zero-order valence-electron chi connectivity index (χ0n) is 11.7. The number of amides is 4. The van der Waals surface area contributed by atoms with Crippen molar-refractivity contribution in [3.05, 3.63) is 0 Å². The lowest BCUT2D eigenvalue weighted by Gasteiger charge is -2.22. The molecule has 6 N–H and O–H groups in total. The lowest BCUT2D eigenvalue weighted by atomic mass is 10.1. The van der Waals surface area contributed by atoms with Gasteiger partial charge >= 0.3 is 12.0 Å². The van der Waals surface area contributed by atoms with Gasteiger partial charge in [0.1, 0.15) is 19.1 Å². The lowest BCUT2D eigenvalue weighted by molar-refractivity contribution is -0.139. The zero-order valence-corrected chi connectivity index (χ0v) is 11.7. The number of rotatable bonds is 10. The number of hydrogen-bond acceptors (Lipinski definition) is 5. The van der Waals surface area contributed by atoms with Gasteiger partial charge in [-0.25, -0.2) is 9.59 Å². The zero-order chi connectivity index (χ0) is 16.4. The minimum Gasteiger partial charge on any atom is -0.480 e. The Balaban J connectivity index is 4.69. The molecule has 0 heterocycles. The van der Waals surface area contributed by atoms with Crippen molar-refractivity contribution in [1.29, 1.82) is 0 Å². The number of nitrogens with one attached hydrogen (secondary N) is 1. The van der Waals surface area contributed by atoms with Gasteiger partial charge in [0, 0.05) is 13.7 Å². The highest BCUT2D eigenvalue weighted by Crippen LogP contribution is 2.00. The molecule has 0 saturated carbocycles. The standard InChI is InChI=1S/C11H20N4O6/c1-21-4-2-3-7(10(18)19)14-11(20)15(5-8(12)16)6-9(13)17/h7H,2-6H2,1H3,(H2,12,16)(H2,13,17)(H,14,20)(H,18,19). The van der Waals surface area contributed by atoms with Crippen LogP contribution in [0, 0.1) is 0 Å². The molecule has 21 heavy (non-hydrogen) atoms. The number of methoxy groups -OCH3 is 1. The van der Waals surface area contributed by atoms with E-state index in [9.17, 15) is 19.2 Å². The highest BCUT2D eigenvalue weighted by atomic mass is 16.5. The number of primary amides is 2.